The minimum atomic E-state index is -3.16. The second-order valence-electron chi connectivity index (χ2n) is 6.80. The number of carbonyl (C=O) groups is 1. The van der Waals surface area contributed by atoms with Crippen molar-refractivity contribution >= 4 is 15.7 Å². The number of nitrogens with zero attached hydrogens (tertiary/aromatic N) is 1. The normalized spacial score (nSPS) is 31.0. The number of amides is 1. The highest BCUT2D eigenvalue weighted by Crippen LogP contribution is 2.50. The molecule has 18 heavy (non-hydrogen) atoms. The molecule has 2 saturated carbocycles. The van der Waals surface area contributed by atoms with E-state index in [4.69, 9.17) is 0 Å². The SMILES string of the molecule is CC1(C)CN(C(=O)CS(=O)(=O)C2CC2)C1C1CC1. The minimum Gasteiger partial charge on any atom is -0.337 e. The third kappa shape index (κ3) is 2.06. The lowest BCUT2D eigenvalue weighted by atomic mass is 9.72. The molecule has 1 heterocycles. The average molecular weight is 271 g/mol. The van der Waals surface area contributed by atoms with Gasteiger partial charge in [0.05, 0.1) is 5.25 Å². The highest BCUT2D eigenvalue weighted by molar-refractivity contribution is 7.93. The van der Waals surface area contributed by atoms with Crippen LogP contribution in [0.3, 0.4) is 0 Å². The minimum absolute atomic E-state index is 0.167. The van der Waals surface area contributed by atoms with Gasteiger partial charge < -0.3 is 4.90 Å². The molecule has 1 amide bonds. The molecule has 3 rings (SSSR count). The predicted octanol–water partition coefficient (Wildman–Crippen LogP) is 1.21. The van der Waals surface area contributed by atoms with E-state index >= 15 is 0 Å². The highest BCUT2D eigenvalue weighted by Gasteiger charge is 2.55. The van der Waals surface area contributed by atoms with E-state index in [2.05, 4.69) is 13.8 Å². The van der Waals surface area contributed by atoms with Crippen molar-refractivity contribution in [2.45, 2.75) is 50.8 Å². The van der Waals surface area contributed by atoms with Gasteiger partial charge in [-0.05, 0) is 31.6 Å². The van der Waals surface area contributed by atoms with Crippen LogP contribution < -0.4 is 0 Å². The summed E-state index contributed by atoms with van der Waals surface area (Å²) in [7, 11) is -3.16. The van der Waals surface area contributed by atoms with Crippen molar-refractivity contribution in [1.29, 1.82) is 0 Å². The van der Waals surface area contributed by atoms with Crippen molar-refractivity contribution < 1.29 is 13.2 Å². The van der Waals surface area contributed by atoms with Gasteiger partial charge in [-0.3, -0.25) is 4.79 Å². The van der Waals surface area contributed by atoms with Crippen LogP contribution in [0.5, 0.6) is 0 Å². The van der Waals surface area contributed by atoms with E-state index in [1.807, 2.05) is 4.90 Å². The zero-order valence-electron chi connectivity index (χ0n) is 11.1. The highest BCUT2D eigenvalue weighted by atomic mass is 32.2. The van der Waals surface area contributed by atoms with E-state index in [1.165, 1.54) is 12.8 Å². The topological polar surface area (TPSA) is 54.5 Å². The number of rotatable bonds is 4. The van der Waals surface area contributed by atoms with Crippen LogP contribution in [0, 0.1) is 11.3 Å². The van der Waals surface area contributed by atoms with Crippen molar-refractivity contribution in [3.63, 3.8) is 0 Å². The number of sulfone groups is 1. The van der Waals surface area contributed by atoms with Crippen LogP contribution in [-0.2, 0) is 14.6 Å². The van der Waals surface area contributed by atoms with E-state index in [-0.39, 0.29) is 28.4 Å². The van der Waals surface area contributed by atoms with Crippen molar-refractivity contribution in [2.75, 3.05) is 12.3 Å². The molecule has 1 unspecified atom stereocenters. The van der Waals surface area contributed by atoms with Gasteiger partial charge in [0.15, 0.2) is 9.84 Å². The Labute approximate surface area is 109 Å². The van der Waals surface area contributed by atoms with Crippen LogP contribution in [0.4, 0.5) is 0 Å². The number of carbonyl (C=O) groups excluding carboxylic acids is 1. The summed E-state index contributed by atoms with van der Waals surface area (Å²) in [5.41, 5.74) is 0.167. The van der Waals surface area contributed by atoms with Crippen molar-refractivity contribution in [3.05, 3.63) is 0 Å². The van der Waals surface area contributed by atoms with E-state index in [9.17, 15) is 13.2 Å². The lowest BCUT2D eigenvalue weighted by Crippen LogP contribution is -2.65. The van der Waals surface area contributed by atoms with Crippen molar-refractivity contribution in [1.82, 2.24) is 4.90 Å². The fourth-order valence-electron chi connectivity index (χ4n) is 3.29. The Morgan fingerprint density at radius 2 is 1.83 bits per heavy atom. The Balaban J connectivity index is 1.66. The van der Waals surface area contributed by atoms with Gasteiger partial charge in [-0.15, -0.1) is 0 Å². The van der Waals surface area contributed by atoms with Crippen LogP contribution in [0.25, 0.3) is 0 Å². The first-order valence-electron chi connectivity index (χ1n) is 6.82. The fraction of sp³-hybridized carbons (Fsp3) is 0.923. The van der Waals surface area contributed by atoms with Gasteiger partial charge in [-0.1, -0.05) is 13.8 Å². The summed E-state index contributed by atoms with van der Waals surface area (Å²) < 4.78 is 23.7. The summed E-state index contributed by atoms with van der Waals surface area (Å²) in [6, 6.07) is 0.277. The third-order valence-corrected chi connectivity index (χ3v) is 6.60. The Bertz CT molecular complexity index is 474. The van der Waals surface area contributed by atoms with E-state index < -0.39 is 9.84 Å². The van der Waals surface area contributed by atoms with Gasteiger partial charge in [-0.2, -0.15) is 0 Å². The molecule has 0 spiro atoms. The number of likely N-dealkylation sites (tertiary alicyclic amines) is 1. The summed E-state index contributed by atoms with van der Waals surface area (Å²) in [6.07, 6.45) is 3.86. The molecule has 2 aliphatic carbocycles. The molecule has 4 nitrogen and oxygen atoms in total. The molecule has 0 aromatic carbocycles. The molecule has 0 radical (unpaired) electrons. The van der Waals surface area contributed by atoms with E-state index in [0.29, 0.717) is 12.5 Å². The lowest BCUT2D eigenvalue weighted by molar-refractivity contribution is -0.150. The van der Waals surface area contributed by atoms with E-state index in [0.717, 1.165) is 12.8 Å². The van der Waals surface area contributed by atoms with Crippen molar-refractivity contribution in [3.8, 4) is 0 Å². The Kier molecular flexibility index (Phi) is 2.57. The lowest BCUT2D eigenvalue weighted by Gasteiger charge is -2.55. The quantitative estimate of drug-likeness (QED) is 0.772. The van der Waals surface area contributed by atoms with Crippen LogP contribution >= 0.6 is 0 Å². The van der Waals surface area contributed by atoms with Gasteiger partial charge in [-0.25, -0.2) is 8.42 Å². The number of hydrogen-bond acceptors (Lipinski definition) is 3. The van der Waals surface area contributed by atoms with Crippen LogP contribution in [0.15, 0.2) is 0 Å². The first kappa shape index (κ1) is 12.5. The van der Waals surface area contributed by atoms with E-state index in [1.54, 1.807) is 0 Å². The molecule has 3 aliphatic rings. The number of hydrogen-bond donors (Lipinski definition) is 0. The van der Waals surface area contributed by atoms with Gasteiger partial charge in [0.1, 0.15) is 5.75 Å². The summed E-state index contributed by atoms with van der Waals surface area (Å²) in [6.45, 7) is 5.07. The summed E-state index contributed by atoms with van der Waals surface area (Å²) in [5, 5.41) is -0.227. The van der Waals surface area contributed by atoms with Gasteiger partial charge in [0.2, 0.25) is 5.91 Å². The zero-order chi connectivity index (χ0) is 13.1. The molecule has 0 aromatic heterocycles. The Hall–Kier alpha value is -0.580. The van der Waals surface area contributed by atoms with Crippen LogP contribution in [-0.4, -0.2) is 42.8 Å². The molecule has 5 heteroatoms. The maximum Gasteiger partial charge on any atom is 0.238 e. The monoisotopic (exact) mass is 271 g/mol. The molecule has 3 fully saturated rings. The average Bonchev–Trinajstić information content (AvgIpc) is 3.05. The molecule has 1 saturated heterocycles. The van der Waals surface area contributed by atoms with Gasteiger partial charge in [0.25, 0.3) is 0 Å². The molecule has 1 aliphatic heterocycles. The Morgan fingerprint density at radius 3 is 2.28 bits per heavy atom. The molecule has 0 N–H and O–H groups in total. The van der Waals surface area contributed by atoms with Crippen LogP contribution in [0.1, 0.15) is 39.5 Å². The molecule has 0 bridgehead atoms. The van der Waals surface area contributed by atoms with Gasteiger partial charge >= 0.3 is 0 Å². The largest absolute Gasteiger partial charge is 0.337 e. The van der Waals surface area contributed by atoms with Crippen LogP contribution in [0.2, 0.25) is 0 Å². The summed E-state index contributed by atoms with van der Waals surface area (Å²) in [5.74, 6) is 0.177. The first-order valence-corrected chi connectivity index (χ1v) is 8.54. The predicted molar refractivity (Wildman–Crippen MR) is 68.8 cm³/mol. The fourth-order valence-corrected chi connectivity index (χ4v) is 4.89. The third-order valence-electron chi connectivity index (χ3n) is 4.46. The molecule has 1 atom stereocenters. The molecule has 0 aromatic rings. The summed E-state index contributed by atoms with van der Waals surface area (Å²) >= 11 is 0. The maximum atomic E-state index is 12.2. The molecular weight excluding hydrogens is 250 g/mol. The van der Waals surface area contributed by atoms with Crippen molar-refractivity contribution in [2.24, 2.45) is 11.3 Å². The standard InChI is InChI=1S/C13H21NO3S/c1-13(2)8-14(12(13)9-3-4-9)11(15)7-18(16,17)10-5-6-10/h9-10,12H,3-8H2,1-2H3. The molecular formula is C13H21NO3S. The second kappa shape index (κ2) is 3.71. The Morgan fingerprint density at radius 1 is 1.22 bits per heavy atom. The molecule has 102 valence electrons. The maximum absolute atomic E-state index is 12.2. The first-order chi connectivity index (χ1) is 8.31. The van der Waals surface area contributed by atoms with Gasteiger partial charge in [0, 0.05) is 18.0 Å². The zero-order valence-corrected chi connectivity index (χ0v) is 11.9. The summed E-state index contributed by atoms with van der Waals surface area (Å²) in [4.78, 5) is 14.0. The smallest absolute Gasteiger partial charge is 0.238 e. The second-order valence-corrected chi connectivity index (χ2v) is 9.08.